The Morgan fingerprint density at radius 1 is 1.33 bits per heavy atom. The van der Waals surface area contributed by atoms with Gasteiger partial charge in [0.15, 0.2) is 0 Å². The predicted molar refractivity (Wildman–Crippen MR) is 116 cm³/mol. The molecule has 0 aliphatic heterocycles. The van der Waals surface area contributed by atoms with E-state index in [1.54, 1.807) is 0 Å². The lowest BCUT2D eigenvalue weighted by atomic mass is 9.61. The highest BCUT2D eigenvalue weighted by atomic mass is 16.5. The monoisotopic (exact) mass is 412 g/mol. The number of carbonyl (C=O) groups is 2. The van der Waals surface area contributed by atoms with Gasteiger partial charge in [0, 0.05) is 11.0 Å². The number of methoxy groups -OCH3 is 1. The first-order valence-corrected chi connectivity index (χ1v) is 11.6. The number of aliphatic hydroxyl groups is 1. The molecule has 0 aromatic carbocycles. The third-order valence-corrected chi connectivity index (χ3v) is 8.95. The largest absolute Gasteiger partial charge is 0.466 e. The first kappa shape index (κ1) is 21.5. The van der Waals surface area contributed by atoms with Crippen molar-refractivity contribution in [2.75, 3.05) is 13.7 Å². The smallest absolute Gasteiger partial charge is 0.334 e. The molecule has 4 rings (SSSR count). The number of ether oxygens (including phenoxy) is 1. The lowest BCUT2D eigenvalue weighted by Gasteiger charge is -2.42. The van der Waals surface area contributed by atoms with Crippen LogP contribution in [0.25, 0.3) is 0 Å². The minimum atomic E-state index is -0.605. The topological polar surface area (TPSA) is 63.6 Å². The number of esters is 1. The summed E-state index contributed by atoms with van der Waals surface area (Å²) in [4.78, 5) is 24.7. The number of carbonyl (C=O) groups excluding carboxylic acids is 2. The Bertz CT molecular complexity index is 806. The van der Waals surface area contributed by atoms with Gasteiger partial charge in [-0.2, -0.15) is 0 Å². The summed E-state index contributed by atoms with van der Waals surface area (Å²) in [6, 6.07) is 0. The summed E-state index contributed by atoms with van der Waals surface area (Å²) in [7, 11) is 1.45. The van der Waals surface area contributed by atoms with E-state index in [1.807, 2.05) is 0 Å². The van der Waals surface area contributed by atoms with Crippen molar-refractivity contribution in [2.24, 2.45) is 52.8 Å². The Morgan fingerprint density at radius 2 is 2.03 bits per heavy atom. The number of hydrogen-bond donors (Lipinski definition) is 1. The molecule has 0 unspecified atom stereocenters. The van der Waals surface area contributed by atoms with Crippen molar-refractivity contribution in [3.8, 4) is 0 Å². The summed E-state index contributed by atoms with van der Waals surface area (Å²) in [5, 5.41) is 11.0. The number of allylic oxidation sites excluding steroid dienone is 4. The quantitative estimate of drug-likeness (QED) is 0.292. The van der Waals surface area contributed by atoms with E-state index in [1.165, 1.54) is 12.7 Å². The summed E-state index contributed by atoms with van der Waals surface area (Å²) in [5.74, 6) is 2.16. The van der Waals surface area contributed by atoms with Crippen LogP contribution in [0.15, 0.2) is 35.5 Å². The van der Waals surface area contributed by atoms with Gasteiger partial charge in [-0.25, -0.2) is 4.79 Å². The molecule has 4 heteroatoms. The van der Waals surface area contributed by atoms with Gasteiger partial charge in [-0.15, -0.1) is 0 Å². The molecule has 4 aliphatic rings. The van der Waals surface area contributed by atoms with Crippen molar-refractivity contribution in [3.63, 3.8) is 0 Å². The van der Waals surface area contributed by atoms with Gasteiger partial charge in [-0.05, 0) is 78.6 Å². The minimum absolute atomic E-state index is 0.0462. The summed E-state index contributed by atoms with van der Waals surface area (Å²) < 4.78 is 5.31. The zero-order valence-electron chi connectivity index (χ0n) is 18.8. The van der Waals surface area contributed by atoms with E-state index in [9.17, 15) is 14.7 Å². The molecule has 0 spiro atoms. The number of fused-ring (bicyclic) bond motifs is 5. The van der Waals surface area contributed by atoms with Crippen LogP contribution >= 0.6 is 0 Å². The van der Waals surface area contributed by atoms with Gasteiger partial charge in [0.1, 0.15) is 6.29 Å². The molecule has 2 saturated carbocycles. The highest BCUT2D eigenvalue weighted by molar-refractivity contribution is 5.92. The second-order valence-electron chi connectivity index (χ2n) is 10.5. The van der Waals surface area contributed by atoms with Gasteiger partial charge in [-0.3, -0.25) is 4.79 Å². The van der Waals surface area contributed by atoms with Crippen LogP contribution in [0.3, 0.4) is 0 Å². The van der Waals surface area contributed by atoms with Gasteiger partial charge < -0.3 is 9.84 Å². The zero-order chi connectivity index (χ0) is 21.8. The van der Waals surface area contributed by atoms with Crippen molar-refractivity contribution in [2.45, 2.75) is 46.5 Å². The third-order valence-electron chi connectivity index (χ3n) is 8.95. The van der Waals surface area contributed by atoms with Crippen molar-refractivity contribution < 1.29 is 19.4 Å². The van der Waals surface area contributed by atoms with Gasteiger partial charge in [0.2, 0.25) is 0 Å². The molecular weight excluding hydrogens is 376 g/mol. The van der Waals surface area contributed by atoms with E-state index in [2.05, 4.69) is 39.5 Å². The van der Waals surface area contributed by atoms with Crippen molar-refractivity contribution in [1.82, 2.24) is 0 Å². The Hall–Kier alpha value is -1.68. The van der Waals surface area contributed by atoms with Crippen LogP contribution in [-0.4, -0.2) is 31.1 Å². The zero-order valence-corrected chi connectivity index (χ0v) is 18.8. The summed E-state index contributed by atoms with van der Waals surface area (Å²) >= 11 is 0. The fraction of sp³-hybridized carbons (Fsp3) is 0.692. The van der Waals surface area contributed by atoms with Gasteiger partial charge >= 0.3 is 5.97 Å². The van der Waals surface area contributed by atoms with Crippen LogP contribution in [0.2, 0.25) is 0 Å². The predicted octanol–water partition coefficient (Wildman–Crippen LogP) is 4.35. The Kier molecular flexibility index (Phi) is 5.59. The molecule has 0 aromatic heterocycles. The molecule has 0 saturated heterocycles. The van der Waals surface area contributed by atoms with E-state index in [0.717, 1.165) is 37.5 Å². The molecule has 0 amide bonds. The molecule has 8 atom stereocenters. The molecule has 0 radical (unpaired) electrons. The minimum Gasteiger partial charge on any atom is -0.466 e. The normalized spacial score (nSPS) is 41.6. The third kappa shape index (κ3) is 2.90. The van der Waals surface area contributed by atoms with Crippen LogP contribution in [0.4, 0.5) is 0 Å². The fourth-order valence-electron chi connectivity index (χ4n) is 7.78. The molecule has 2 fully saturated rings. The van der Waals surface area contributed by atoms with Crippen molar-refractivity contribution in [1.29, 1.82) is 0 Å². The van der Waals surface area contributed by atoms with E-state index in [0.29, 0.717) is 29.2 Å². The molecule has 164 valence electrons. The Morgan fingerprint density at radius 3 is 2.63 bits per heavy atom. The van der Waals surface area contributed by atoms with Crippen LogP contribution in [0.5, 0.6) is 0 Å². The SMILES string of the molecule is C=C(C=O)[C@@H]1CC[C@@H](C)[C@H]1C[C@@]1(CO)C(C(=O)OC)=C(C(C)C)[C@H]2[C@@H]1[C@H]1C=C[C@@H]2C1. The van der Waals surface area contributed by atoms with E-state index >= 15 is 0 Å². The van der Waals surface area contributed by atoms with Crippen LogP contribution in [-0.2, 0) is 14.3 Å². The molecule has 0 heterocycles. The van der Waals surface area contributed by atoms with Crippen molar-refractivity contribution in [3.05, 3.63) is 35.5 Å². The van der Waals surface area contributed by atoms with Crippen molar-refractivity contribution >= 4 is 12.3 Å². The second-order valence-corrected chi connectivity index (χ2v) is 10.5. The number of hydrogen-bond acceptors (Lipinski definition) is 4. The molecule has 0 aromatic rings. The number of rotatable bonds is 7. The summed E-state index contributed by atoms with van der Waals surface area (Å²) in [6.07, 6.45) is 9.39. The van der Waals surface area contributed by atoms with Crippen LogP contribution < -0.4 is 0 Å². The van der Waals surface area contributed by atoms with E-state index in [-0.39, 0.29) is 36.2 Å². The molecule has 4 nitrogen and oxygen atoms in total. The molecule has 30 heavy (non-hydrogen) atoms. The maximum absolute atomic E-state index is 13.2. The number of aliphatic hydroxyl groups excluding tert-OH is 1. The maximum atomic E-state index is 13.2. The average molecular weight is 413 g/mol. The van der Waals surface area contributed by atoms with E-state index < -0.39 is 5.41 Å². The fourth-order valence-corrected chi connectivity index (χ4v) is 7.78. The van der Waals surface area contributed by atoms with E-state index in [4.69, 9.17) is 4.74 Å². The molecule has 1 N–H and O–H groups in total. The van der Waals surface area contributed by atoms with Gasteiger partial charge in [0.25, 0.3) is 0 Å². The lowest BCUT2D eigenvalue weighted by molar-refractivity contribution is -0.138. The van der Waals surface area contributed by atoms with Gasteiger partial charge in [0.05, 0.1) is 13.7 Å². The first-order valence-electron chi connectivity index (χ1n) is 11.6. The second kappa shape index (κ2) is 7.78. The lowest BCUT2D eigenvalue weighted by Crippen LogP contribution is -2.42. The van der Waals surface area contributed by atoms with Crippen LogP contribution in [0.1, 0.15) is 46.5 Å². The maximum Gasteiger partial charge on any atom is 0.334 e. The standard InChI is InChI=1S/C26H36O4/c1-14(2)21-22-17-7-8-18(10-17)23(22)26(13-28,24(21)25(29)30-5)11-20-15(3)6-9-19(20)16(4)12-27/h7-8,12,14-15,17-20,22-23,28H,4,6,9-11,13H2,1-3,5H3/t15-,17-,18+,19+,20-,22+,23+,26+/m1/s1. The Labute approximate surface area is 180 Å². The summed E-state index contributed by atoms with van der Waals surface area (Å²) in [6.45, 7) is 10.6. The number of aldehydes is 1. The van der Waals surface area contributed by atoms with Gasteiger partial charge in [-0.1, -0.05) is 45.1 Å². The first-order chi connectivity index (χ1) is 14.3. The Balaban J connectivity index is 1.84. The molecular formula is C26H36O4. The summed E-state index contributed by atoms with van der Waals surface area (Å²) in [5.41, 5.74) is 2.00. The highest BCUT2D eigenvalue weighted by Gasteiger charge is 2.64. The van der Waals surface area contributed by atoms with Crippen LogP contribution in [0, 0.1) is 52.8 Å². The average Bonchev–Trinajstić information content (AvgIpc) is 3.48. The molecule has 2 bridgehead atoms. The highest BCUT2D eigenvalue weighted by Crippen LogP contribution is 2.68. The molecule has 4 aliphatic carbocycles.